The summed E-state index contributed by atoms with van der Waals surface area (Å²) in [5.41, 5.74) is 2.23. The first kappa shape index (κ1) is 36.1. The smallest absolute Gasteiger partial charge is 0 e. The van der Waals surface area contributed by atoms with E-state index in [1.165, 1.54) is 6.54 Å². The van der Waals surface area contributed by atoms with Crippen LogP contribution in [0.1, 0.15) is 0 Å². The molecule has 0 fully saturated rings. The van der Waals surface area contributed by atoms with E-state index in [9.17, 15) is 0 Å². The van der Waals surface area contributed by atoms with Crippen molar-refractivity contribution in [3.8, 4) is 0 Å². The van der Waals surface area contributed by atoms with Gasteiger partial charge in [0.15, 0.2) is 0 Å². The van der Waals surface area contributed by atoms with Crippen molar-refractivity contribution >= 4 is 17.7 Å². The molecule has 0 rings (SSSR count). The summed E-state index contributed by atoms with van der Waals surface area (Å²) in [7, 11) is 0. The monoisotopic (exact) mass is 531 g/mol. The number of hydrogen-bond donors (Lipinski definition) is 1. The molecule has 0 aliphatic rings. The molecular formula is C3H4NSY5-3. The first-order valence-corrected chi connectivity index (χ1v) is 1.56. The molecule has 0 bridgehead atoms. The first-order valence-electron chi connectivity index (χ1n) is 1.15. The predicted molar refractivity (Wildman–Crippen MR) is 25.4 cm³/mol. The van der Waals surface area contributed by atoms with Gasteiger partial charge in [0.1, 0.15) is 0 Å². The molecule has 7 heteroatoms. The molecule has 0 aromatic rings. The predicted octanol–water partition coefficient (Wildman–Crippen LogP) is 0.394. The van der Waals surface area contributed by atoms with Crippen molar-refractivity contribution in [2.75, 3.05) is 0 Å². The van der Waals surface area contributed by atoms with Crippen molar-refractivity contribution in [3.05, 3.63) is 13.5 Å². The Bertz CT molecular complexity index is 38.1. The molecule has 5 radical (unpaired) electrons. The summed E-state index contributed by atoms with van der Waals surface area (Å²) < 4.78 is 0. The molecule has 0 amide bonds. The summed E-state index contributed by atoms with van der Waals surface area (Å²) in [6, 6.07) is 0. The standard InChI is InChI=1S/C3H4NS.5Y/c1-2-4-3-5;;;;;/h2H,1H2,(H,4,5);;;;;/q-3;;;;;. The van der Waals surface area contributed by atoms with Crippen LogP contribution in [0.3, 0.4) is 0 Å². The van der Waals surface area contributed by atoms with Gasteiger partial charge in [-0.1, -0.05) is 0 Å². The maximum Gasteiger partial charge on any atom is 0 e. The summed E-state index contributed by atoms with van der Waals surface area (Å²) in [5.74, 6) is 0. The molecule has 0 spiro atoms. The van der Waals surface area contributed by atoms with E-state index in [-0.39, 0.29) is 164 Å². The van der Waals surface area contributed by atoms with Gasteiger partial charge >= 0.3 is 0 Å². The normalized spacial score (nSPS) is 3.30. The van der Waals surface area contributed by atoms with Gasteiger partial charge in [0, 0.05) is 164 Å². The summed E-state index contributed by atoms with van der Waals surface area (Å²) in [6.45, 7) is 4.78. The summed E-state index contributed by atoms with van der Waals surface area (Å²) in [5, 5.41) is 2.44. The van der Waals surface area contributed by atoms with Crippen LogP contribution < -0.4 is 5.32 Å². The van der Waals surface area contributed by atoms with Crippen LogP contribution >= 0.6 is 12.2 Å². The molecule has 0 heterocycles. The van der Waals surface area contributed by atoms with Gasteiger partial charge in [-0.25, -0.2) is 0 Å². The number of thiocarbonyl (C=S) groups is 1. The van der Waals surface area contributed by atoms with Crippen LogP contribution in [-0.4, -0.2) is 5.49 Å². The Kier molecular flexibility index (Phi) is 132. The Hall–Kier alpha value is 5.41. The Morgan fingerprint density at radius 1 is 1.10 bits per heavy atom. The second kappa shape index (κ2) is 36.6. The van der Waals surface area contributed by atoms with Gasteiger partial charge in [0.05, 0.1) is 0 Å². The molecule has 0 aliphatic heterocycles. The fourth-order valence-electron chi connectivity index (χ4n) is 0.0417. The zero-order valence-corrected chi connectivity index (χ0v) is 20.6. The third kappa shape index (κ3) is 37.6. The molecule has 1 N–H and O–H groups in total. The molecule has 0 unspecified atom stereocenters. The van der Waals surface area contributed by atoms with Crippen molar-refractivity contribution in [2.45, 2.75) is 0 Å². The molecule has 1 nitrogen and oxygen atoms in total. The fourth-order valence-corrected chi connectivity index (χ4v) is 0.125. The van der Waals surface area contributed by atoms with E-state index in [0.717, 1.165) is 0 Å². The van der Waals surface area contributed by atoms with Crippen LogP contribution in [0.4, 0.5) is 0 Å². The minimum Gasteiger partial charge on any atom is -0.729 e. The Labute approximate surface area is 194 Å². The Morgan fingerprint density at radius 2 is 1.40 bits per heavy atom. The average Bonchev–Trinajstić information content (AvgIpc) is 1.41. The summed E-state index contributed by atoms with van der Waals surface area (Å²) >= 11 is 4.22. The van der Waals surface area contributed by atoms with Crippen molar-refractivity contribution < 1.29 is 164 Å². The molecule has 0 aromatic carbocycles. The van der Waals surface area contributed by atoms with Crippen LogP contribution in [0.2, 0.25) is 0 Å². The second-order valence-electron chi connectivity index (χ2n) is 0.451. The van der Waals surface area contributed by atoms with Crippen LogP contribution in [0.5, 0.6) is 0 Å². The van der Waals surface area contributed by atoms with E-state index in [1.54, 1.807) is 0 Å². The quantitative estimate of drug-likeness (QED) is 0.315. The third-order valence-electron chi connectivity index (χ3n) is 0.161. The Balaban J connectivity index is -0.00000000800. The maximum absolute atomic E-state index is 4.22. The molecule has 10 heavy (non-hydrogen) atoms. The zero-order valence-electron chi connectivity index (χ0n) is 5.58. The van der Waals surface area contributed by atoms with E-state index in [1.807, 2.05) is 0 Å². The molecule has 0 atom stereocenters. The van der Waals surface area contributed by atoms with Gasteiger partial charge in [0.25, 0.3) is 0 Å². The molecule has 0 aliphatic carbocycles. The molecule has 0 aromatic heterocycles. The van der Waals surface area contributed by atoms with Crippen molar-refractivity contribution in [3.63, 3.8) is 0 Å². The van der Waals surface area contributed by atoms with Crippen LogP contribution in [-0.2, 0) is 164 Å². The zero-order chi connectivity index (χ0) is 4.12. The molecule has 45 valence electrons. The number of hydrogen-bond acceptors (Lipinski definition) is 1. The van der Waals surface area contributed by atoms with Gasteiger partial charge in [-0.2, -0.15) is 0 Å². The summed E-state index contributed by atoms with van der Waals surface area (Å²) in [4.78, 5) is 0. The van der Waals surface area contributed by atoms with Gasteiger partial charge < -0.3 is 36.5 Å². The minimum absolute atomic E-state index is 0. The molecule has 0 saturated carbocycles. The van der Waals surface area contributed by atoms with Gasteiger partial charge in [-0.15, -0.1) is 0 Å². The van der Waals surface area contributed by atoms with E-state index < -0.39 is 0 Å². The number of nitrogens with one attached hydrogen (secondary N) is 1. The topological polar surface area (TPSA) is 12.0 Å². The minimum atomic E-state index is 0. The van der Waals surface area contributed by atoms with Crippen molar-refractivity contribution in [2.24, 2.45) is 0 Å². The first-order chi connectivity index (χ1) is 2.41. The Morgan fingerprint density at radius 3 is 1.40 bits per heavy atom. The average molecular weight is 531 g/mol. The second-order valence-corrected chi connectivity index (χ2v) is 0.655. The fraction of sp³-hybridized carbons (Fsp3) is 0. The number of rotatable bonds is 2. The van der Waals surface area contributed by atoms with E-state index in [4.69, 9.17) is 0 Å². The van der Waals surface area contributed by atoms with Crippen molar-refractivity contribution in [1.29, 1.82) is 0 Å². The van der Waals surface area contributed by atoms with Crippen LogP contribution in [0.15, 0.2) is 0 Å². The van der Waals surface area contributed by atoms with E-state index >= 15 is 0 Å². The largest absolute Gasteiger partial charge is 0.729 e. The van der Waals surface area contributed by atoms with Crippen LogP contribution in [0, 0.1) is 13.5 Å². The third-order valence-corrected chi connectivity index (χ3v) is 0.279. The molecule has 0 saturated heterocycles. The van der Waals surface area contributed by atoms with E-state index in [0.29, 0.717) is 0 Å². The van der Waals surface area contributed by atoms with Crippen molar-refractivity contribution in [1.82, 2.24) is 5.32 Å². The SMILES string of the molecule is [CH2-][CH-]N[C-]=S.[Y].[Y].[Y].[Y].[Y]. The molecular weight excluding hydrogens is 527 g/mol. The maximum atomic E-state index is 4.22. The van der Waals surface area contributed by atoms with E-state index in [2.05, 4.69) is 29.9 Å². The van der Waals surface area contributed by atoms with Gasteiger partial charge in [0.2, 0.25) is 0 Å². The van der Waals surface area contributed by atoms with Gasteiger partial charge in [-0.05, 0) is 0 Å². The van der Waals surface area contributed by atoms with Crippen LogP contribution in [0.25, 0.3) is 0 Å². The summed E-state index contributed by atoms with van der Waals surface area (Å²) in [6.07, 6.45) is 0. The van der Waals surface area contributed by atoms with Gasteiger partial charge in [-0.3, -0.25) is 0 Å².